The predicted molar refractivity (Wildman–Crippen MR) is 275 cm³/mol. The number of hydrogen-bond donors (Lipinski definition) is 0. The first kappa shape index (κ1) is 47.0. The maximum atomic E-state index is 13.3. The molecule has 0 amide bonds. The number of rotatable bonds is 12. The standard InChI is InChI=1S/C24H24O.2C20H16O/c1-24(2,3)21-16-14-20(15-17-21)23(25)22(18-10-6-4-7-11-18)19-12-8-5-9-13-19;2*21-20(18-14-8-3-9-15-18)19(16-10-4-1-5-11-16)17-12-6-2-7-13-17/h4-17,22H,1-3H3;2*1-15,19H. The monoisotopic (exact) mass is 872 g/mol. The number of carbonyl (C=O) groups excluding carboxylic acids is 3. The molecule has 0 atom stereocenters. The SMILES string of the molecule is CC(C)(C)c1ccc(C(=O)C(c2ccccc2)c2ccccc2)cc1.O=C(c1ccccc1)C(c1ccccc1)c1ccccc1.O=C(c1ccccc1)C(c1ccccc1)c1ccccc1. The van der Waals surface area contributed by atoms with Crippen molar-refractivity contribution in [3.05, 3.63) is 323 Å². The molecule has 330 valence electrons. The highest BCUT2D eigenvalue weighted by Gasteiger charge is 2.26. The van der Waals surface area contributed by atoms with Gasteiger partial charge < -0.3 is 0 Å². The first-order valence-corrected chi connectivity index (χ1v) is 22.8. The summed E-state index contributed by atoms with van der Waals surface area (Å²) < 4.78 is 0. The van der Waals surface area contributed by atoms with Crippen LogP contribution in [-0.2, 0) is 5.41 Å². The summed E-state index contributed by atoms with van der Waals surface area (Å²) >= 11 is 0. The van der Waals surface area contributed by atoms with Crippen molar-refractivity contribution in [2.24, 2.45) is 0 Å². The maximum absolute atomic E-state index is 13.3. The van der Waals surface area contributed by atoms with Crippen LogP contribution in [0.2, 0.25) is 0 Å². The van der Waals surface area contributed by atoms with Gasteiger partial charge in [0.05, 0.1) is 17.8 Å². The summed E-state index contributed by atoms with van der Waals surface area (Å²) in [5.74, 6) is -0.383. The second-order valence-corrected chi connectivity index (χ2v) is 17.4. The van der Waals surface area contributed by atoms with Crippen LogP contribution in [0.3, 0.4) is 0 Å². The fraction of sp³-hybridized carbons (Fsp3) is 0.109. The smallest absolute Gasteiger partial charge is 0.174 e. The van der Waals surface area contributed by atoms with E-state index in [1.54, 1.807) is 0 Å². The Balaban J connectivity index is 0.000000150. The zero-order chi connectivity index (χ0) is 46.9. The van der Waals surface area contributed by atoms with Gasteiger partial charge in [0, 0.05) is 16.7 Å². The Hall–Kier alpha value is -8.01. The first-order chi connectivity index (χ1) is 32.7. The molecule has 0 radical (unpaired) electrons. The van der Waals surface area contributed by atoms with Crippen molar-refractivity contribution in [1.29, 1.82) is 0 Å². The molecule has 0 aromatic heterocycles. The fourth-order valence-electron chi connectivity index (χ4n) is 8.20. The van der Waals surface area contributed by atoms with Crippen molar-refractivity contribution >= 4 is 17.3 Å². The van der Waals surface area contributed by atoms with Crippen LogP contribution in [0.15, 0.2) is 267 Å². The molecule has 0 aliphatic rings. The lowest BCUT2D eigenvalue weighted by Gasteiger charge is -2.20. The summed E-state index contributed by atoms with van der Waals surface area (Å²) in [6, 6.07) is 86.8. The van der Waals surface area contributed by atoms with Gasteiger partial charge in [0.15, 0.2) is 17.3 Å². The summed E-state index contributed by atoms with van der Waals surface area (Å²) in [7, 11) is 0. The quantitative estimate of drug-likeness (QED) is 0.115. The Morgan fingerprint density at radius 1 is 0.254 bits per heavy atom. The van der Waals surface area contributed by atoms with E-state index in [-0.39, 0.29) is 40.5 Å². The summed E-state index contributed by atoms with van der Waals surface area (Å²) in [4.78, 5) is 39.2. The van der Waals surface area contributed by atoms with Crippen molar-refractivity contribution < 1.29 is 14.4 Å². The van der Waals surface area contributed by atoms with E-state index in [1.165, 1.54) is 5.56 Å². The van der Waals surface area contributed by atoms with Crippen LogP contribution in [0.5, 0.6) is 0 Å². The highest BCUT2D eigenvalue weighted by Crippen LogP contribution is 2.32. The maximum Gasteiger partial charge on any atom is 0.174 e. The molecule has 0 N–H and O–H groups in total. The van der Waals surface area contributed by atoms with E-state index in [1.807, 2.05) is 255 Å². The Morgan fingerprint density at radius 2 is 0.433 bits per heavy atom. The van der Waals surface area contributed by atoms with E-state index in [0.29, 0.717) is 0 Å². The molecule has 0 unspecified atom stereocenters. The van der Waals surface area contributed by atoms with Crippen LogP contribution in [-0.4, -0.2) is 17.3 Å². The van der Waals surface area contributed by atoms with Crippen LogP contribution in [0.4, 0.5) is 0 Å². The van der Waals surface area contributed by atoms with E-state index < -0.39 is 0 Å². The number of Topliss-reactive ketones (excluding diaryl/α,β-unsaturated/α-hetero) is 3. The van der Waals surface area contributed by atoms with Crippen molar-refractivity contribution in [1.82, 2.24) is 0 Å². The molecule has 0 spiro atoms. The lowest BCUT2D eigenvalue weighted by molar-refractivity contribution is 0.0966. The number of hydrogen-bond acceptors (Lipinski definition) is 3. The van der Waals surface area contributed by atoms with Gasteiger partial charge in [0.2, 0.25) is 0 Å². The second-order valence-electron chi connectivity index (χ2n) is 17.4. The second kappa shape index (κ2) is 23.3. The largest absolute Gasteiger partial charge is 0.293 e. The van der Waals surface area contributed by atoms with Gasteiger partial charge in [-0.3, -0.25) is 14.4 Å². The average molecular weight is 873 g/mol. The Bertz CT molecular complexity index is 2630. The molecule has 0 saturated heterocycles. The highest BCUT2D eigenvalue weighted by molar-refractivity contribution is 6.04. The van der Waals surface area contributed by atoms with Gasteiger partial charge in [-0.05, 0) is 44.4 Å². The zero-order valence-electron chi connectivity index (χ0n) is 38.4. The van der Waals surface area contributed by atoms with Gasteiger partial charge in [0.1, 0.15) is 0 Å². The van der Waals surface area contributed by atoms with E-state index >= 15 is 0 Å². The zero-order valence-corrected chi connectivity index (χ0v) is 38.4. The van der Waals surface area contributed by atoms with Gasteiger partial charge in [0.25, 0.3) is 0 Å². The third-order valence-electron chi connectivity index (χ3n) is 11.7. The van der Waals surface area contributed by atoms with Gasteiger partial charge in [-0.25, -0.2) is 0 Å². The third-order valence-corrected chi connectivity index (χ3v) is 11.7. The van der Waals surface area contributed by atoms with Crippen LogP contribution < -0.4 is 0 Å². The first-order valence-electron chi connectivity index (χ1n) is 22.8. The minimum Gasteiger partial charge on any atom is -0.293 e. The van der Waals surface area contributed by atoms with E-state index in [9.17, 15) is 14.4 Å². The topological polar surface area (TPSA) is 51.2 Å². The van der Waals surface area contributed by atoms with Crippen molar-refractivity contribution in [2.45, 2.75) is 43.9 Å². The lowest BCUT2D eigenvalue weighted by Crippen LogP contribution is -2.16. The predicted octanol–water partition coefficient (Wildman–Crippen LogP) is 15.4. The minimum absolute atomic E-state index is 0.0832. The average Bonchev–Trinajstić information content (AvgIpc) is 3.39. The van der Waals surface area contributed by atoms with Gasteiger partial charge >= 0.3 is 0 Å². The summed E-state index contributed by atoms with van der Waals surface area (Å²) in [6.07, 6.45) is 0. The molecule has 3 nitrogen and oxygen atoms in total. The van der Waals surface area contributed by atoms with Gasteiger partial charge in [-0.2, -0.15) is 0 Å². The van der Waals surface area contributed by atoms with Crippen LogP contribution >= 0.6 is 0 Å². The van der Waals surface area contributed by atoms with Gasteiger partial charge in [-0.15, -0.1) is 0 Å². The molecule has 0 heterocycles. The Labute approximate surface area is 396 Å². The molecule has 9 aromatic carbocycles. The summed E-state index contributed by atoms with van der Waals surface area (Å²) in [6.45, 7) is 6.54. The molecule has 67 heavy (non-hydrogen) atoms. The summed E-state index contributed by atoms with van der Waals surface area (Å²) in [5.41, 5.74) is 9.72. The molecular weight excluding hydrogens is 817 g/mol. The molecule has 0 fully saturated rings. The normalized spacial score (nSPS) is 10.9. The number of benzene rings is 9. The lowest BCUT2D eigenvalue weighted by atomic mass is 9.83. The van der Waals surface area contributed by atoms with Crippen molar-refractivity contribution in [3.63, 3.8) is 0 Å². The van der Waals surface area contributed by atoms with Gasteiger partial charge in [-0.1, -0.05) is 288 Å². The van der Waals surface area contributed by atoms with Crippen LogP contribution in [0.1, 0.15) is 109 Å². The molecule has 3 heteroatoms. The number of ketones is 3. The molecule has 0 aliphatic heterocycles. The molecule has 0 aliphatic carbocycles. The molecule has 0 saturated carbocycles. The fourth-order valence-corrected chi connectivity index (χ4v) is 8.20. The highest BCUT2D eigenvalue weighted by atomic mass is 16.1. The molecule has 9 rings (SSSR count). The van der Waals surface area contributed by atoms with Crippen molar-refractivity contribution in [2.75, 3.05) is 0 Å². The van der Waals surface area contributed by atoms with E-state index in [2.05, 4.69) is 32.9 Å². The number of carbonyl (C=O) groups is 3. The Morgan fingerprint density at radius 3 is 0.627 bits per heavy atom. The van der Waals surface area contributed by atoms with Crippen LogP contribution in [0, 0.1) is 0 Å². The third kappa shape index (κ3) is 12.6. The molecule has 0 bridgehead atoms. The molecule has 9 aromatic rings. The van der Waals surface area contributed by atoms with Crippen LogP contribution in [0.25, 0.3) is 0 Å². The molecular formula is C64H56O3. The van der Waals surface area contributed by atoms with E-state index in [0.717, 1.165) is 50.1 Å². The Kier molecular flexibility index (Phi) is 16.3. The summed E-state index contributed by atoms with van der Waals surface area (Å²) in [5, 5.41) is 0. The van der Waals surface area contributed by atoms with E-state index in [4.69, 9.17) is 0 Å². The minimum atomic E-state index is -0.275. The van der Waals surface area contributed by atoms with Crippen molar-refractivity contribution in [3.8, 4) is 0 Å².